The van der Waals surface area contributed by atoms with Gasteiger partial charge in [0.05, 0.1) is 6.61 Å². The summed E-state index contributed by atoms with van der Waals surface area (Å²) in [6.45, 7) is 7.13. The molecule has 1 aliphatic rings. The summed E-state index contributed by atoms with van der Waals surface area (Å²) in [5, 5.41) is 6.53. The maximum absolute atomic E-state index is 5.31. The molecule has 0 spiro atoms. The maximum atomic E-state index is 5.31. The Labute approximate surface area is 168 Å². The highest BCUT2D eigenvalue weighted by Crippen LogP contribution is 2.17. The van der Waals surface area contributed by atoms with Crippen molar-refractivity contribution in [1.82, 2.24) is 15.6 Å². The fourth-order valence-electron chi connectivity index (χ4n) is 2.80. The summed E-state index contributed by atoms with van der Waals surface area (Å²) in [6.07, 6.45) is 7.19. The van der Waals surface area contributed by atoms with Crippen molar-refractivity contribution in [1.29, 1.82) is 0 Å². The minimum Gasteiger partial charge on any atom is -0.380 e. The van der Waals surface area contributed by atoms with Gasteiger partial charge in [-0.15, -0.1) is 24.0 Å². The predicted octanol–water partition coefficient (Wildman–Crippen LogP) is 2.78. The molecule has 6 nitrogen and oxygen atoms in total. The number of guanidine groups is 1. The van der Waals surface area contributed by atoms with Crippen LogP contribution in [-0.2, 0) is 11.3 Å². The quantitative estimate of drug-likeness (QED) is 0.283. The highest BCUT2D eigenvalue weighted by Gasteiger charge is 2.10. The zero-order chi connectivity index (χ0) is 17.0. The molecule has 0 saturated carbocycles. The lowest BCUT2D eigenvalue weighted by Gasteiger charge is -2.21. The van der Waals surface area contributed by atoms with E-state index in [1.54, 1.807) is 7.05 Å². The van der Waals surface area contributed by atoms with Crippen LogP contribution in [-0.4, -0.2) is 50.8 Å². The second-order valence-electron chi connectivity index (χ2n) is 5.98. The summed E-state index contributed by atoms with van der Waals surface area (Å²) < 4.78 is 5.31. The summed E-state index contributed by atoms with van der Waals surface area (Å²) in [5.74, 6) is 1.88. The van der Waals surface area contributed by atoms with Crippen LogP contribution < -0.4 is 15.5 Å². The standard InChI is InChI=1S/C18H31N5O.HI/c1-3-24-13-10-20-18(19-2)22-15-16-8-9-17(21-14-16)23-11-6-4-5-7-12-23;/h8-9,14H,3-7,10-13,15H2,1-2H3,(H2,19,20,22);1H. The van der Waals surface area contributed by atoms with Crippen LogP contribution in [0, 0.1) is 0 Å². The Morgan fingerprint density at radius 2 is 1.96 bits per heavy atom. The van der Waals surface area contributed by atoms with Crippen LogP contribution in [0.5, 0.6) is 0 Å². The Morgan fingerprint density at radius 3 is 2.56 bits per heavy atom. The lowest BCUT2D eigenvalue weighted by Crippen LogP contribution is -2.38. The normalized spacial score (nSPS) is 15.3. The Hall–Kier alpha value is -1.09. The van der Waals surface area contributed by atoms with E-state index in [-0.39, 0.29) is 24.0 Å². The van der Waals surface area contributed by atoms with E-state index in [0.29, 0.717) is 13.2 Å². The van der Waals surface area contributed by atoms with Crippen molar-refractivity contribution in [3.63, 3.8) is 0 Å². The van der Waals surface area contributed by atoms with E-state index in [0.717, 1.165) is 43.6 Å². The number of nitrogens with one attached hydrogen (secondary N) is 2. The molecule has 0 radical (unpaired) electrons. The van der Waals surface area contributed by atoms with Gasteiger partial charge in [-0.2, -0.15) is 0 Å². The van der Waals surface area contributed by atoms with Crippen LogP contribution >= 0.6 is 24.0 Å². The molecule has 1 fully saturated rings. The minimum atomic E-state index is 0. The van der Waals surface area contributed by atoms with E-state index < -0.39 is 0 Å². The van der Waals surface area contributed by atoms with E-state index in [1.807, 2.05) is 13.1 Å². The zero-order valence-corrected chi connectivity index (χ0v) is 17.8. The molecule has 2 N–H and O–H groups in total. The predicted molar refractivity (Wildman–Crippen MR) is 115 cm³/mol. The van der Waals surface area contributed by atoms with E-state index in [4.69, 9.17) is 4.74 Å². The molecule has 0 atom stereocenters. The number of nitrogens with zero attached hydrogens (tertiary/aromatic N) is 3. The molecule has 1 saturated heterocycles. The van der Waals surface area contributed by atoms with Crippen LogP contribution in [0.15, 0.2) is 23.3 Å². The number of ether oxygens (including phenoxy) is 1. The van der Waals surface area contributed by atoms with Gasteiger partial charge in [0.1, 0.15) is 5.82 Å². The highest BCUT2D eigenvalue weighted by atomic mass is 127. The number of pyridine rings is 1. The van der Waals surface area contributed by atoms with Gasteiger partial charge in [-0.1, -0.05) is 18.9 Å². The number of rotatable bonds is 7. The van der Waals surface area contributed by atoms with Gasteiger partial charge in [0.2, 0.25) is 0 Å². The molecule has 0 bridgehead atoms. The molecule has 142 valence electrons. The van der Waals surface area contributed by atoms with Gasteiger partial charge in [0, 0.05) is 46.0 Å². The molecule has 0 amide bonds. The third-order valence-corrected chi connectivity index (χ3v) is 4.17. The first-order chi connectivity index (χ1) is 11.8. The molecular weight excluding hydrogens is 429 g/mol. The van der Waals surface area contributed by atoms with Gasteiger partial charge in [-0.05, 0) is 31.4 Å². The highest BCUT2D eigenvalue weighted by molar-refractivity contribution is 14.0. The Morgan fingerprint density at radius 1 is 1.20 bits per heavy atom. The zero-order valence-electron chi connectivity index (χ0n) is 15.5. The number of aromatic nitrogens is 1. The Balaban J connectivity index is 0.00000312. The largest absolute Gasteiger partial charge is 0.380 e. The molecule has 1 aliphatic heterocycles. The fraction of sp³-hybridized carbons (Fsp3) is 0.667. The summed E-state index contributed by atoms with van der Waals surface area (Å²) >= 11 is 0. The van der Waals surface area contributed by atoms with E-state index in [9.17, 15) is 0 Å². The molecule has 2 heterocycles. The van der Waals surface area contributed by atoms with Gasteiger partial charge in [-0.25, -0.2) is 4.98 Å². The molecule has 7 heteroatoms. The van der Waals surface area contributed by atoms with Crippen LogP contribution in [0.3, 0.4) is 0 Å². The second kappa shape index (κ2) is 13.2. The maximum Gasteiger partial charge on any atom is 0.191 e. The smallest absolute Gasteiger partial charge is 0.191 e. The number of hydrogen-bond donors (Lipinski definition) is 2. The van der Waals surface area contributed by atoms with E-state index in [2.05, 4.69) is 37.6 Å². The van der Waals surface area contributed by atoms with Gasteiger partial charge < -0.3 is 20.3 Å². The molecule has 1 aromatic heterocycles. The van der Waals surface area contributed by atoms with E-state index >= 15 is 0 Å². The first-order valence-corrected chi connectivity index (χ1v) is 9.05. The van der Waals surface area contributed by atoms with Crippen molar-refractivity contribution in [3.8, 4) is 0 Å². The minimum absolute atomic E-state index is 0. The van der Waals surface area contributed by atoms with Gasteiger partial charge in [0.15, 0.2) is 5.96 Å². The molecule has 1 aromatic rings. The molecular formula is C18H32IN5O. The Bertz CT molecular complexity index is 487. The second-order valence-corrected chi connectivity index (χ2v) is 5.98. The lowest BCUT2D eigenvalue weighted by molar-refractivity contribution is 0.152. The van der Waals surface area contributed by atoms with Gasteiger partial charge >= 0.3 is 0 Å². The third kappa shape index (κ3) is 8.22. The number of aliphatic imine (C=N–C) groups is 1. The molecule has 0 aromatic carbocycles. The van der Waals surface area contributed by atoms with Crippen molar-refractivity contribution in [2.45, 2.75) is 39.2 Å². The molecule has 25 heavy (non-hydrogen) atoms. The van der Waals surface area contributed by atoms with E-state index in [1.165, 1.54) is 25.7 Å². The topological polar surface area (TPSA) is 61.8 Å². The third-order valence-electron chi connectivity index (χ3n) is 4.17. The average molecular weight is 461 g/mol. The SMILES string of the molecule is CCOCCNC(=NC)NCc1ccc(N2CCCCCC2)nc1.I. The first-order valence-electron chi connectivity index (χ1n) is 9.05. The summed E-state index contributed by atoms with van der Waals surface area (Å²) in [6, 6.07) is 4.28. The molecule has 0 aliphatic carbocycles. The van der Waals surface area contributed by atoms with Crippen LogP contribution in [0.2, 0.25) is 0 Å². The Kier molecular flexibility index (Phi) is 11.6. The van der Waals surface area contributed by atoms with Crippen molar-refractivity contribution in [2.24, 2.45) is 4.99 Å². The fourth-order valence-corrected chi connectivity index (χ4v) is 2.80. The first kappa shape index (κ1) is 22.0. The van der Waals surface area contributed by atoms with Crippen LogP contribution in [0.1, 0.15) is 38.2 Å². The monoisotopic (exact) mass is 461 g/mol. The van der Waals surface area contributed by atoms with Crippen molar-refractivity contribution < 1.29 is 4.74 Å². The van der Waals surface area contributed by atoms with Gasteiger partial charge in [-0.3, -0.25) is 4.99 Å². The number of anilines is 1. The van der Waals surface area contributed by atoms with Crippen LogP contribution in [0.4, 0.5) is 5.82 Å². The summed E-state index contributed by atoms with van der Waals surface area (Å²) in [5.41, 5.74) is 1.15. The molecule has 2 rings (SSSR count). The average Bonchev–Trinajstić information content (AvgIpc) is 2.91. The van der Waals surface area contributed by atoms with Crippen molar-refractivity contribution in [3.05, 3.63) is 23.9 Å². The molecule has 0 unspecified atom stereocenters. The van der Waals surface area contributed by atoms with Crippen LogP contribution in [0.25, 0.3) is 0 Å². The summed E-state index contributed by atoms with van der Waals surface area (Å²) in [4.78, 5) is 11.3. The lowest BCUT2D eigenvalue weighted by atomic mass is 10.2. The van der Waals surface area contributed by atoms with Crippen molar-refractivity contribution in [2.75, 3.05) is 44.8 Å². The van der Waals surface area contributed by atoms with Crippen molar-refractivity contribution >= 4 is 35.8 Å². The number of hydrogen-bond acceptors (Lipinski definition) is 4. The van der Waals surface area contributed by atoms with Gasteiger partial charge in [0.25, 0.3) is 0 Å². The summed E-state index contributed by atoms with van der Waals surface area (Å²) in [7, 11) is 1.77. The number of halogens is 1.